The van der Waals surface area contributed by atoms with Gasteiger partial charge < -0.3 is 15.2 Å². The Morgan fingerprint density at radius 1 is 1.32 bits per heavy atom. The van der Waals surface area contributed by atoms with E-state index in [9.17, 15) is 28.4 Å². The van der Waals surface area contributed by atoms with Crippen LogP contribution >= 0.6 is 0 Å². The number of ketones is 1. The van der Waals surface area contributed by atoms with Gasteiger partial charge in [-0.25, -0.2) is 8.78 Å². The van der Waals surface area contributed by atoms with E-state index in [0.717, 1.165) is 25.0 Å². The molecule has 2 saturated carbocycles. The van der Waals surface area contributed by atoms with Crippen LogP contribution in [0.2, 0.25) is 0 Å². The van der Waals surface area contributed by atoms with Crippen molar-refractivity contribution in [3.05, 3.63) is 35.5 Å². The van der Waals surface area contributed by atoms with Gasteiger partial charge in [-0.15, -0.1) is 0 Å². The van der Waals surface area contributed by atoms with E-state index in [2.05, 4.69) is 16.4 Å². The fourth-order valence-corrected chi connectivity index (χ4v) is 6.05. The van der Waals surface area contributed by atoms with Crippen molar-refractivity contribution in [1.82, 2.24) is 15.2 Å². The highest BCUT2D eigenvalue weighted by Crippen LogP contribution is 2.65. The minimum Gasteiger partial charge on any atom is -0.350 e. The average Bonchev–Trinajstić information content (AvgIpc) is 3.28. The lowest BCUT2D eigenvalue weighted by Crippen LogP contribution is -2.52. The molecule has 0 bridgehead atoms. The average molecular weight is 469 g/mol. The second kappa shape index (κ2) is 7.90. The molecule has 178 valence electrons. The van der Waals surface area contributed by atoms with Gasteiger partial charge in [0, 0.05) is 30.3 Å². The smallest absolute Gasteiger partial charge is 0.271 e. The van der Waals surface area contributed by atoms with Crippen LogP contribution in [0.25, 0.3) is 10.9 Å². The number of nitrogens with zero attached hydrogens (tertiary/aromatic N) is 2. The van der Waals surface area contributed by atoms with Gasteiger partial charge in [0.15, 0.2) is 0 Å². The van der Waals surface area contributed by atoms with E-state index in [0.29, 0.717) is 13.0 Å². The normalized spacial score (nSPS) is 28.0. The van der Waals surface area contributed by atoms with E-state index in [1.165, 1.54) is 11.0 Å². The molecule has 7 nitrogen and oxygen atoms in total. The van der Waals surface area contributed by atoms with E-state index in [1.54, 1.807) is 0 Å². The maximum Gasteiger partial charge on any atom is 0.271 e. The molecule has 1 aliphatic heterocycles. The quantitative estimate of drug-likeness (QED) is 0.702. The van der Waals surface area contributed by atoms with E-state index < -0.39 is 35.5 Å². The number of carbonyl (C=O) groups is 3. The van der Waals surface area contributed by atoms with Crippen LogP contribution < -0.4 is 5.32 Å². The summed E-state index contributed by atoms with van der Waals surface area (Å²) >= 11 is 0. The Balaban J connectivity index is 1.38. The first kappa shape index (κ1) is 22.5. The molecule has 9 heteroatoms. The number of piperidine rings is 1. The molecule has 1 unspecified atom stereocenters. The van der Waals surface area contributed by atoms with Crippen LogP contribution in [0.4, 0.5) is 8.78 Å². The van der Waals surface area contributed by atoms with Crippen molar-refractivity contribution in [3.63, 3.8) is 0 Å². The molecule has 5 atom stereocenters. The van der Waals surface area contributed by atoms with Crippen molar-refractivity contribution >= 4 is 28.5 Å². The molecule has 2 N–H and O–H groups in total. The summed E-state index contributed by atoms with van der Waals surface area (Å²) in [6.07, 6.45) is 2.30. The summed E-state index contributed by atoms with van der Waals surface area (Å²) in [7, 11) is 0. The highest BCUT2D eigenvalue weighted by atomic mass is 19.1. The predicted octanol–water partition coefficient (Wildman–Crippen LogP) is 3.31. The standard InChI is InChI=1S/C25H26F2N4O3/c1-25(2)16-11-31(24(34)19-9-15-17(27)7-13(26)8-18(15)30-19)22(21(16)25)23(33)29-14(10-28)6-12-4-3-5-20(12)32/h7-9,12,14,16,21-22,30H,3-6,11H2,1-2H3,(H,29,33)/t12?,14-,16-,21-,22-/m0/s1. The van der Waals surface area contributed by atoms with E-state index in [1.807, 2.05) is 13.8 Å². The molecule has 2 heterocycles. The summed E-state index contributed by atoms with van der Waals surface area (Å²) in [5.41, 5.74) is 0.111. The highest BCUT2D eigenvalue weighted by Gasteiger charge is 2.69. The third kappa shape index (κ3) is 3.56. The van der Waals surface area contributed by atoms with Crippen LogP contribution in [0.3, 0.4) is 0 Å². The van der Waals surface area contributed by atoms with E-state index in [-0.39, 0.29) is 52.0 Å². The Bertz CT molecular complexity index is 1250. The van der Waals surface area contributed by atoms with Crippen molar-refractivity contribution in [2.24, 2.45) is 23.2 Å². The number of benzene rings is 1. The SMILES string of the molecule is CC1(C)[C@@H]2[C@@H](C(=O)N[C@H](C#N)CC3CCCC3=O)N(C(=O)c3cc4c(F)cc(F)cc4[nH]3)C[C@@H]21. The molecule has 2 amide bonds. The van der Waals surface area contributed by atoms with E-state index in [4.69, 9.17) is 0 Å². The van der Waals surface area contributed by atoms with Gasteiger partial charge in [0.2, 0.25) is 5.91 Å². The van der Waals surface area contributed by atoms with Gasteiger partial charge in [0.05, 0.1) is 11.6 Å². The largest absolute Gasteiger partial charge is 0.350 e. The van der Waals surface area contributed by atoms with Crippen molar-refractivity contribution in [2.75, 3.05) is 6.54 Å². The number of likely N-dealkylation sites (tertiary alicyclic amines) is 1. The molecule has 5 rings (SSSR count). The maximum atomic E-state index is 14.2. The van der Waals surface area contributed by atoms with Crippen LogP contribution in [-0.2, 0) is 9.59 Å². The molecular weight excluding hydrogens is 442 g/mol. The Morgan fingerprint density at radius 2 is 2.09 bits per heavy atom. The molecule has 1 aromatic heterocycles. The van der Waals surface area contributed by atoms with Gasteiger partial charge >= 0.3 is 0 Å². The minimum absolute atomic E-state index is 0.0672. The molecule has 1 saturated heterocycles. The van der Waals surface area contributed by atoms with Gasteiger partial charge in [0.25, 0.3) is 5.91 Å². The molecule has 2 aliphatic carbocycles. The fourth-order valence-electron chi connectivity index (χ4n) is 6.05. The van der Waals surface area contributed by atoms with Gasteiger partial charge in [0.1, 0.15) is 35.2 Å². The van der Waals surface area contributed by atoms with Crippen molar-refractivity contribution in [3.8, 4) is 6.07 Å². The molecule has 0 radical (unpaired) electrons. The zero-order valence-corrected chi connectivity index (χ0v) is 19.0. The number of Topliss-reactive ketones (excluding diaryl/α,β-unsaturated/α-hetero) is 1. The second-order valence-electron chi connectivity index (χ2n) is 10.4. The first-order chi connectivity index (χ1) is 16.1. The van der Waals surface area contributed by atoms with Crippen LogP contribution in [-0.4, -0.2) is 46.1 Å². The number of halogens is 2. The van der Waals surface area contributed by atoms with Crippen LogP contribution in [0.1, 0.15) is 50.0 Å². The predicted molar refractivity (Wildman–Crippen MR) is 118 cm³/mol. The molecular formula is C25H26F2N4O3. The summed E-state index contributed by atoms with van der Waals surface area (Å²) in [5.74, 6) is -2.46. The Kier molecular flexibility index (Phi) is 5.23. The number of hydrogen-bond acceptors (Lipinski definition) is 4. The van der Waals surface area contributed by atoms with E-state index >= 15 is 0 Å². The zero-order valence-electron chi connectivity index (χ0n) is 19.0. The Morgan fingerprint density at radius 3 is 2.76 bits per heavy atom. The lowest BCUT2D eigenvalue weighted by Gasteiger charge is -2.30. The topological polar surface area (TPSA) is 106 Å². The number of amides is 2. The summed E-state index contributed by atoms with van der Waals surface area (Å²) < 4.78 is 27.7. The number of nitriles is 1. The first-order valence-electron chi connectivity index (χ1n) is 11.6. The van der Waals surface area contributed by atoms with Gasteiger partial charge in [-0.1, -0.05) is 13.8 Å². The summed E-state index contributed by atoms with van der Waals surface area (Å²) in [6, 6.07) is 3.69. The summed E-state index contributed by atoms with van der Waals surface area (Å²) in [4.78, 5) is 43.0. The van der Waals surface area contributed by atoms with Crippen LogP contribution in [0.15, 0.2) is 18.2 Å². The third-order valence-electron chi connectivity index (χ3n) is 8.04. The van der Waals surface area contributed by atoms with Crippen molar-refractivity contribution in [1.29, 1.82) is 5.26 Å². The van der Waals surface area contributed by atoms with Gasteiger partial charge in [-0.3, -0.25) is 14.4 Å². The van der Waals surface area contributed by atoms with Crippen LogP contribution in [0, 0.1) is 46.1 Å². The molecule has 34 heavy (non-hydrogen) atoms. The number of hydrogen-bond donors (Lipinski definition) is 2. The number of H-pyrrole nitrogens is 1. The fraction of sp³-hybridized carbons (Fsp3) is 0.520. The Labute approximate surface area is 195 Å². The highest BCUT2D eigenvalue weighted by molar-refractivity contribution is 6.01. The monoisotopic (exact) mass is 468 g/mol. The zero-order chi connectivity index (χ0) is 24.4. The first-order valence-corrected chi connectivity index (χ1v) is 11.6. The number of fused-ring (bicyclic) bond motifs is 2. The molecule has 0 spiro atoms. The molecule has 1 aromatic carbocycles. The third-order valence-corrected chi connectivity index (χ3v) is 8.04. The van der Waals surface area contributed by atoms with Crippen molar-refractivity contribution in [2.45, 2.75) is 51.6 Å². The number of nitrogens with one attached hydrogen (secondary N) is 2. The lowest BCUT2D eigenvalue weighted by atomic mass is 9.96. The number of rotatable bonds is 5. The summed E-state index contributed by atoms with van der Waals surface area (Å²) in [5, 5.41) is 12.5. The second-order valence-corrected chi connectivity index (χ2v) is 10.4. The number of aromatic amines is 1. The van der Waals surface area contributed by atoms with Gasteiger partial charge in [-0.2, -0.15) is 5.26 Å². The number of aromatic nitrogens is 1. The molecule has 3 aliphatic rings. The van der Waals surface area contributed by atoms with Crippen molar-refractivity contribution < 1.29 is 23.2 Å². The summed E-state index contributed by atoms with van der Waals surface area (Å²) in [6.45, 7) is 4.45. The minimum atomic E-state index is -0.817. The molecule has 2 aromatic rings. The molecule has 3 fully saturated rings. The Hall–Kier alpha value is -3.28. The maximum absolute atomic E-state index is 14.2. The lowest BCUT2D eigenvalue weighted by molar-refractivity contribution is -0.127. The van der Waals surface area contributed by atoms with Gasteiger partial charge in [-0.05, 0) is 48.6 Å². The number of carbonyl (C=O) groups excluding carboxylic acids is 3. The van der Waals surface area contributed by atoms with Crippen LogP contribution in [0.5, 0.6) is 0 Å².